The van der Waals surface area contributed by atoms with Gasteiger partial charge in [0.05, 0.1) is 12.6 Å². The summed E-state index contributed by atoms with van der Waals surface area (Å²) in [6.45, 7) is 7.23. The van der Waals surface area contributed by atoms with E-state index in [1.54, 1.807) is 12.1 Å². The molecule has 0 atom stereocenters. The highest BCUT2D eigenvalue weighted by Crippen LogP contribution is 2.37. The Hall–Kier alpha value is -2.87. The Bertz CT molecular complexity index is 1380. The lowest BCUT2D eigenvalue weighted by Gasteiger charge is -2.18. The van der Waals surface area contributed by atoms with Crippen LogP contribution < -0.4 is 4.57 Å². The van der Waals surface area contributed by atoms with Crippen LogP contribution in [0, 0.1) is 13.8 Å². The number of hydrogen-bond donors (Lipinski definition) is 0. The van der Waals surface area contributed by atoms with E-state index in [2.05, 4.69) is 21.3 Å². The lowest BCUT2D eigenvalue weighted by atomic mass is 9.92. The summed E-state index contributed by atoms with van der Waals surface area (Å²) in [5.41, 5.74) is 6.53. The summed E-state index contributed by atoms with van der Waals surface area (Å²) < 4.78 is 45.6. The smallest absolute Gasteiger partial charge is 0.225 e. The van der Waals surface area contributed by atoms with Gasteiger partial charge in [0.1, 0.15) is 5.69 Å². The predicted molar refractivity (Wildman–Crippen MR) is 128 cm³/mol. The molecule has 2 heteroatoms. The second-order valence-corrected chi connectivity index (χ2v) is 8.44. The van der Waals surface area contributed by atoms with Gasteiger partial charge in [-0.3, -0.25) is 0 Å². The summed E-state index contributed by atoms with van der Waals surface area (Å²) in [5, 5.41) is 0. The fourth-order valence-corrected chi connectivity index (χ4v) is 4.35. The molecule has 154 valence electrons. The molecule has 0 saturated heterocycles. The van der Waals surface area contributed by atoms with Gasteiger partial charge in [0, 0.05) is 18.0 Å². The van der Waals surface area contributed by atoms with Gasteiger partial charge in [-0.05, 0) is 49.3 Å². The quantitative estimate of drug-likeness (QED) is 0.325. The number of hydrogen-bond acceptors (Lipinski definition) is 0. The van der Waals surface area contributed by atoms with E-state index in [-0.39, 0.29) is 0 Å². The zero-order valence-corrected chi connectivity index (χ0v) is 18.7. The highest BCUT2D eigenvalue weighted by molar-refractivity contribution is 5.81. The number of para-hydroxylation sites is 3. The number of benzene rings is 3. The Kier molecular flexibility index (Phi) is 3.88. The van der Waals surface area contributed by atoms with E-state index in [1.807, 2.05) is 78.1 Å². The summed E-state index contributed by atoms with van der Waals surface area (Å²) in [6, 6.07) is 19.3. The SMILES string of the molecule is [2H]C([2H])([2H])c1ccc(-c2n(-c3c(C([2H])(C)C)cccc3C([2H])(C)C)c3ccccc3[n+]2C)c(C)c1. The van der Waals surface area contributed by atoms with Crippen molar-refractivity contribution >= 4 is 11.0 Å². The van der Waals surface area contributed by atoms with Gasteiger partial charge < -0.3 is 0 Å². The third-order valence-corrected chi connectivity index (χ3v) is 5.82. The molecule has 0 spiro atoms. The van der Waals surface area contributed by atoms with Crippen molar-refractivity contribution in [2.24, 2.45) is 7.05 Å². The molecule has 1 heterocycles. The van der Waals surface area contributed by atoms with Gasteiger partial charge in [0.25, 0.3) is 5.82 Å². The Morgan fingerprint density at radius 2 is 1.57 bits per heavy atom. The number of rotatable bonds is 4. The zero-order valence-electron chi connectivity index (χ0n) is 23.7. The molecule has 3 aromatic carbocycles. The molecule has 2 nitrogen and oxygen atoms in total. The summed E-state index contributed by atoms with van der Waals surface area (Å²) in [5.74, 6) is -0.932. The molecule has 0 radical (unpaired) electrons. The van der Waals surface area contributed by atoms with E-state index in [9.17, 15) is 0 Å². The first-order valence-electron chi connectivity index (χ1n) is 12.9. The van der Waals surface area contributed by atoms with Crippen LogP contribution in [-0.4, -0.2) is 4.57 Å². The molecule has 4 rings (SSSR count). The molecule has 0 aliphatic carbocycles. The molecule has 0 aliphatic rings. The summed E-state index contributed by atoms with van der Waals surface area (Å²) in [7, 11) is 2.01. The maximum absolute atomic E-state index is 8.95. The fourth-order valence-electron chi connectivity index (χ4n) is 4.35. The maximum atomic E-state index is 8.95. The van der Waals surface area contributed by atoms with Gasteiger partial charge in [-0.25, -0.2) is 4.57 Å². The Balaban J connectivity index is 2.20. The molecule has 0 bridgehead atoms. The standard InChI is InChI=1S/C28H33N2/c1-18(2)22-11-10-12-23(19(3)4)27(22)30-26-14-9-8-13-25(26)29(7)28(30)24-16-15-20(5)17-21(24)6/h8-19H,1-7H3/q+1/i5D3,18D,19D. The molecule has 0 N–H and O–H groups in total. The fraction of sp³-hybridized carbons (Fsp3) is 0.321. The van der Waals surface area contributed by atoms with E-state index >= 15 is 0 Å². The van der Waals surface area contributed by atoms with E-state index in [0.717, 1.165) is 44.8 Å². The third-order valence-electron chi connectivity index (χ3n) is 5.82. The number of nitrogens with zero attached hydrogens (tertiary/aromatic N) is 2. The van der Waals surface area contributed by atoms with Crippen LogP contribution in [0.4, 0.5) is 0 Å². The monoisotopic (exact) mass is 402 g/mol. The van der Waals surface area contributed by atoms with E-state index in [1.165, 1.54) is 0 Å². The first-order chi connectivity index (χ1) is 16.1. The van der Waals surface area contributed by atoms with Crippen molar-refractivity contribution in [3.05, 3.63) is 82.9 Å². The topological polar surface area (TPSA) is 8.81 Å². The van der Waals surface area contributed by atoms with Crippen LogP contribution in [0.25, 0.3) is 28.1 Å². The van der Waals surface area contributed by atoms with Crippen molar-refractivity contribution in [1.29, 1.82) is 0 Å². The number of fused-ring (bicyclic) bond motifs is 1. The van der Waals surface area contributed by atoms with Crippen LogP contribution in [0.5, 0.6) is 0 Å². The average molecular weight is 403 g/mol. The van der Waals surface area contributed by atoms with Crippen LogP contribution in [0.3, 0.4) is 0 Å². The molecule has 30 heavy (non-hydrogen) atoms. The molecule has 1 aromatic heterocycles. The predicted octanol–water partition coefficient (Wildman–Crippen LogP) is 6.99. The van der Waals surface area contributed by atoms with E-state index < -0.39 is 18.6 Å². The highest BCUT2D eigenvalue weighted by atomic mass is 15.2. The van der Waals surface area contributed by atoms with Gasteiger partial charge in [0.15, 0.2) is 11.0 Å². The van der Waals surface area contributed by atoms with Crippen LogP contribution in [0.2, 0.25) is 0 Å². The third kappa shape index (κ3) is 3.25. The van der Waals surface area contributed by atoms with Gasteiger partial charge >= 0.3 is 0 Å². The normalized spacial score (nSPS) is 15.3. The van der Waals surface area contributed by atoms with Gasteiger partial charge in [-0.15, -0.1) is 0 Å². The largest absolute Gasteiger partial charge is 0.295 e. The molecule has 0 amide bonds. The molecule has 0 unspecified atom stereocenters. The van der Waals surface area contributed by atoms with Crippen molar-refractivity contribution in [2.75, 3.05) is 0 Å². The zero-order chi connectivity index (χ0) is 25.9. The Labute approximate surface area is 187 Å². The lowest BCUT2D eigenvalue weighted by molar-refractivity contribution is -0.633. The number of aromatic nitrogens is 2. The minimum absolute atomic E-state index is 0.310. The Morgan fingerprint density at radius 3 is 2.17 bits per heavy atom. The van der Waals surface area contributed by atoms with Crippen LogP contribution in [-0.2, 0) is 7.05 Å². The minimum Gasteiger partial charge on any atom is -0.225 e. The number of aryl methyl sites for hydroxylation is 3. The first-order valence-corrected chi connectivity index (χ1v) is 10.4. The van der Waals surface area contributed by atoms with Crippen LogP contribution in [0.1, 0.15) is 68.6 Å². The van der Waals surface area contributed by atoms with Crippen molar-refractivity contribution in [2.45, 2.75) is 53.3 Å². The van der Waals surface area contributed by atoms with Crippen molar-refractivity contribution in [1.82, 2.24) is 4.57 Å². The minimum atomic E-state index is -2.18. The molecule has 0 saturated carbocycles. The molecule has 4 aromatic rings. The highest BCUT2D eigenvalue weighted by Gasteiger charge is 2.30. The van der Waals surface area contributed by atoms with Crippen molar-refractivity contribution in [3.8, 4) is 17.1 Å². The summed E-state index contributed by atoms with van der Waals surface area (Å²) in [6.07, 6.45) is 0. The molecule has 0 aliphatic heterocycles. The Morgan fingerprint density at radius 1 is 0.900 bits per heavy atom. The molecule has 0 fully saturated rings. The first kappa shape index (κ1) is 15.0. The number of imidazole rings is 1. The van der Waals surface area contributed by atoms with Crippen molar-refractivity contribution in [3.63, 3.8) is 0 Å². The second-order valence-electron chi connectivity index (χ2n) is 8.44. The second kappa shape index (κ2) is 7.75. The van der Waals surface area contributed by atoms with Crippen molar-refractivity contribution < 1.29 is 11.4 Å². The van der Waals surface area contributed by atoms with Gasteiger partial charge in [-0.1, -0.05) is 75.7 Å². The average Bonchev–Trinajstić information content (AvgIpc) is 3.03. The van der Waals surface area contributed by atoms with Crippen LogP contribution in [0.15, 0.2) is 60.7 Å². The van der Waals surface area contributed by atoms with E-state index in [4.69, 9.17) is 6.85 Å². The lowest BCUT2D eigenvalue weighted by Crippen LogP contribution is -2.30. The molecular formula is C28H33N2+. The molecular weight excluding hydrogens is 364 g/mol. The maximum Gasteiger partial charge on any atom is 0.295 e. The van der Waals surface area contributed by atoms with Gasteiger partial charge in [-0.2, -0.15) is 4.57 Å². The van der Waals surface area contributed by atoms with Crippen LogP contribution >= 0.6 is 0 Å². The summed E-state index contributed by atoms with van der Waals surface area (Å²) in [4.78, 5) is 0. The van der Waals surface area contributed by atoms with Gasteiger partial charge in [0.2, 0.25) is 0 Å². The van der Waals surface area contributed by atoms with E-state index in [0.29, 0.717) is 5.56 Å². The summed E-state index contributed by atoms with van der Waals surface area (Å²) >= 11 is 0.